The van der Waals surface area contributed by atoms with Crippen molar-refractivity contribution in [1.29, 1.82) is 0 Å². The van der Waals surface area contributed by atoms with Gasteiger partial charge in [0.2, 0.25) is 5.71 Å². The van der Waals surface area contributed by atoms with Crippen molar-refractivity contribution in [3.63, 3.8) is 0 Å². The van der Waals surface area contributed by atoms with Gasteiger partial charge in [-0.2, -0.15) is 0 Å². The van der Waals surface area contributed by atoms with E-state index >= 15 is 0 Å². The molecule has 8 rings (SSSR count). The van der Waals surface area contributed by atoms with Crippen LogP contribution < -0.4 is 5.19 Å². The van der Waals surface area contributed by atoms with E-state index in [9.17, 15) is 1.37 Å². The Kier molecular flexibility index (Phi) is 10.4. The molecule has 1 radical (unpaired) electrons. The molecular formula is C48H51IrN3OSi-2. The van der Waals surface area contributed by atoms with E-state index in [2.05, 4.69) is 84.0 Å². The minimum absolute atomic E-state index is 0. The van der Waals surface area contributed by atoms with E-state index in [1.165, 1.54) is 25.3 Å². The largest absolute Gasteiger partial charge is 0.486 e. The van der Waals surface area contributed by atoms with Crippen molar-refractivity contribution in [3.8, 4) is 33.6 Å². The van der Waals surface area contributed by atoms with Gasteiger partial charge < -0.3 is 14.4 Å². The molecule has 1 saturated carbocycles. The molecule has 279 valence electrons. The van der Waals surface area contributed by atoms with Gasteiger partial charge in [0.15, 0.2) is 0 Å². The number of pyridine rings is 3. The molecule has 4 nitrogen and oxygen atoms in total. The summed E-state index contributed by atoms with van der Waals surface area (Å²) in [5.74, 6) is -0.418. The van der Waals surface area contributed by atoms with Gasteiger partial charge in [0.1, 0.15) is 0 Å². The summed E-state index contributed by atoms with van der Waals surface area (Å²) in [6, 6.07) is 29.4. The first-order chi connectivity index (χ1) is 27.9. The molecule has 0 aliphatic heterocycles. The van der Waals surface area contributed by atoms with Crippen LogP contribution in [0.1, 0.15) is 78.1 Å². The summed E-state index contributed by atoms with van der Waals surface area (Å²) >= 11 is 0. The van der Waals surface area contributed by atoms with Crippen LogP contribution in [-0.4, -0.2) is 23.0 Å². The number of fused-ring (bicyclic) bond motifs is 3. The molecule has 4 aromatic heterocycles. The third-order valence-electron chi connectivity index (χ3n) is 10.1. The minimum Gasteiger partial charge on any atom is -0.486 e. The maximum Gasteiger partial charge on any atom is 0.216 e. The van der Waals surface area contributed by atoms with Gasteiger partial charge in [0.25, 0.3) is 0 Å². The molecule has 1 aliphatic carbocycles. The van der Waals surface area contributed by atoms with Gasteiger partial charge in [-0.25, -0.2) is 4.98 Å². The number of hydrogen-bond donors (Lipinski definition) is 0. The van der Waals surface area contributed by atoms with Crippen LogP contribution in [0.5, 0.6) is 0 Å². The van der Waals surface area contributed by atoms with E-state index in [0.29, 0.717) is 28.5 Å². The second kappa shape index (κ2) is 17.5. The predicted molar refractivity (Wildman–Crippen MR) is 224 cm³/mol. The zero-order valence-corrected chi connectivity index (χ0v) is 35.3. The molecule has 0 N–H and O–H groups in total. The van der Waals surface area contributed by atoms with Crippen LogP contribution in [0.4, 0.5) is 0 Å². The summed E-state index contributed by atoms with van der Waals surface area (Å²) in [6.45, 7) is 12.3. The molecule has 1 fully saturated rings. The minimum atomic E-state index is -1.80. The van der Waals surface area contributed by atoms with Gasteiger partial charge in [-0.3, -0.25) is 0 Å². The molecule has 0 bridgehead atoms. The van der Waals surface area contributed by atoms with Gasteiger partial charge in [-0.15, -0.1) is 59.6 Å². The number of benzene rings is 3. The quantitative estimate of drug-likeness (QED) is 0.113. The molecule has 0 spiro atoms. The molecule has 1 atom stereocenters. The Morgan fingerprint density at radius 3 is 2.35 bits per heavy atom. The van der Waals surface area contributed by atoms with Crippen molar-refractivity contribution in [1.82, 2.24) is 15.0 Å². The summed E-state index contributed by atoms with van der Waals surface area (Å²) in [5, 5.41) is 2.96. The summed E-state index contributed by atoms with van der Waals surface area (Å²) in [7, 11) is -1.80. The molecule has 3 aromatic carbocycles. The molecule has 6 heteroatoms. The third kappa shape index (κ3) is 9.17. The molecular weight excluding hydrogens is 855 g/mol. The average Bonchev–Trinajstić information content (AvgIpc) is 3.60. The number of aromatic nitrogens is 3. The molecule has 1 aliphatic rings. The number of hydrogen-bond acceptors (Lipinski definition) is 4. The van der Waals surface area contributed by atoms with Crippen LogP contribution >= 0.6 is 0 Å². The first-order valence-electron chi connectivity index (χ1n) is 21.7. The van der Waals surface area contributed by atoms with Gasteiger partial charge >= 0.3 is 0 Å². The Bertz CT molecular complexity index is 2600. The van der Waals surface area contributed by atoms with Crippen molar-refractivity contribution >= 4 is 35.3 Å². The standard InChI is InChI=1S/C30H27N2O.C18H24NSi.Ir/c1-20(21-8-4-2-5-9-21)23-14-15-31-28(18-23)24-12-13-29-26(16-24)27-17-25(19-32-30(27)33-29)22-10-6-3-7-11-22;1-14(2)11-16-12-17(15-9-7-6-8-10-15)19-13-18(16)20(3,4)5;/h3,6-7,10-11,13-21H,2,4-5,8-9H2,1H3;6-9,12-14H,11H2,1-5H3;/q2*-1;/i20D;6D,7D,8D,11D2;. The summed E-state index contributed by atoms with van der Waals surface area (Å²) in [4.78, 5) is 13.7. The van der Waals surface area contributed by atoms with Crippen molar-refractivity contribution < 1.29 is 32.7 Å². The Labute approximate surface area is 344 Å². The Hall–Kier alpha value is -4.22. The third-order valence-corrected chi connectivity index (χ3v) is 12.1. The van der Waals surface area contributed by atoms with Crippen molar-refractivity contribution in [2.24, 2.45) is 11.8 Å². The SMILES string of the molecule is [2H]C(C)(c1ccnc(-c2[c-]cc3oc4ncc(-c5ccccc5)cc4c3c2)c1)C1CCCCC1.[2H]c1[c-]c(-c2cc(C([2H])([2H])C(C)C)c([Si](C)(C)C)cn2)cc([2H])c1[2H].[Ir]. The van der Waals surface area contributed by atoms with Crippen LogP contribution in [-0.2, 0) is 26.5 Å². The van der Waals surface area contributed by atoms with E-state index < -0.39 is 20.3 Å². The van der Waals surface area contributed by atoms with E-state index in [0.717, 1.165) is 62.3 Å². The molecule has 4 heterocycles. The Morgan fingerprint density at radius 1 is 0.833 bits per heavy atom. The second-order valence-corrected chi connectivity index (χ2v) is 20.4. The van der Waals surface area contributed by atoms with Gasteiger partial charge in [0.05, 0.1) is 13.7 Å². The van der Waals surface area contributed by atoms with Crippen LogP contribution in [0.2, 0.25) is 19.6 Å². The summed E-state index contributed by atoms with van der Waals surface area (Å²) in [5.41, 5.74) is 7.92. The van der Waals surface area contributed by atoms with Crippen molar-refractivity contribution in [3.05, 3.63) is 133 Å². The van der Waals surface area contributed by atoms with E-state index in [-0.39, 0.29) is 44.2 Å². The molecule has 1 unspecified atom stereocenters. The predicted octanol–water partition coefficient (Wildman–Crippen LogP) is 12.5. The molecule has 0 amide bonds. The molecule has 7 aromatic rings. The van der Waals surface area contributed by atoms with Crippen molar-refractivity contribution in [2.45, 2.75) is 84.8 Å². The van der Waals surface area contributed by atoms with E-state index in [1.807, 2.05) is 56.6 Å². The second-order valence-electron chi connectivity index (χ2n) is 15.4. The van der Waals surface area contributed by atoms with Crippen LogP contribution in [0.15, 0.2) is 114 Å². The summed E-state index contributed by atoms with van der Waals surface area (Å²) < 4.78 is 55.5. The van der Waals surface area contributed by atoms with Gasteiger partial charge in [-0.05, 0) is 72.6 Å². The van der Waals surface area contributed by atoms with Crippen molar-refractivity contribution in [2.75, 3.05) is 0 Å². The van der Waals surface area contributed by atoms with Crippen LogP contribution in [0.25, 0.3) is 55.7 Å². The normalized spacial score (nSPS) is 16.5. The molecule has 54 heavy (non-hydrogen) atoms. The zero-order chi connectivity index (χ0) is 42.3. The first kappa shape index (κ1) is 32.1. The van der Waals surface area contributed by atoms with Gasteiger partial charge in [-0.1, -0.05) is 119 Å². The Balaban J connectivity index is 0.000000208. The molecule has 0 saturated heterocycles. The van der Waals surface area contributed by atoms with Crippen LogP contribution in [0.3, 0.4) is 0 Å². The van der Waals surface area contributed by atoms with E-state index in [4.69, 9.17) is 11.3 Å². The smallest absolute Gasteiger partial charge is 0.216 e. The Morgan fingerprint density at radius 2 is 1.61 bits per heavy atom. The number of furan rings is 1. The average molecular weight is 912 g/mol. The maximum absolute atomic E-state index is 9.18. The first-order valence-corrected chi connectivity index (χ1v) is 22.2. The fraction of sp³-hybridized carbons (Fsp3) is 0.312. The zero-order valence-electron chi connectivity index (χ0n) is 37.9. The number of nitrogens with zero attached hydrogens (tertiary/aromatic N) is 3. The maximum atomic E-state index is 9.18. The topological polar surface area (TPSA) is 51.8 Å². The van der Waals surface area contributed by atoms with Gasteiger partial charge in [0, 0.05) is 56.5 Å². The van der Waals surface area contributed by atoms with Crippen LogP contribution in [0, 0.1) is 24.0 Å². The number of rotatable bonds is 8. The fourth-order valence-electron chi connectivity index (χ4n) is 7.18. The monoisotopic (exact) mass is 912 g/mol. The van der Waals surface area contributed by atoms with E-state index in [1.54, 1.807) is 12.3 Å². The summed E-state index contributed by atoms with van der Waals surface area (Å²) in [6.07, 6.45) is 9.95. The fourth-order valence-corrected chi connectivity index (χ4v) is 8.59.